The Bertz CT molecular complexity index is 284. The number of aliphatic hydroxyl groups is 1. The average molecular weight is 225 g/mol. The molecule has 0 aromatic rings. The van der Waals surface area contributed by atoms with Crippen LogP contribution in [0.25, 0.3) is 0 Å². The molecule has 0 bridgehead atoms. The number of hydrogen-bond acceptors (Lipinski definition) is 4. The van der Waals surface area contributed by atoms with E-state index in [-0.39, 0.29) is 17.2 Å². The van der Waals surface area contributed by atoms with Gasteiger partial charge in [0, 0.05) is 12.8 Å². The fraction of sp³-hybridized carbons (Fsp3) is 0.750. The van der Waals surface area contributed by atoms with Crippen LogP contribution in [0.15, 0.2) is 16.6 Å². The molecule has 1 rings (SSSR count). The second kappa shape index (κ2) is 7.14. The van der Waals surface area contributed by atoms with E-state index in [1.807, 2.05) is 0 Å². The summed E-state index contributed by atoms with van der Waals surface area (Å²) in [5, 5.41) is 12.3. The van der Waals surface area contributed by atoms with Gasteiger partial charge in [0.2, 0.25) is 0 Å². The monoisotopic (exact) mass is 225 g/mol. The maximum Gasteiger partial charge on any atom is 0.188 e. The number of rotatable bonds is 1. The molecule has 0 radical (unpaired) electrons. The maximum atomic E-state index is 11.6. The van der Waals surface area contributed by atoms with E-state index in [1.54, 1.807) is 0 Å². The Morgan fingerprint density at radius 1 is 0.875 bits per heavy atom. The maximum absolute atomic E-state index is 11.6. The van der Waals surface area contributed by atoms with Crippen molar-refractivity contribution in [2.75, 3.05) is 0 Å². The molecule has 0 saturated carbocycles. The highest BCUT2D eigenvalue weighted by molar-refractivity contribution is 5.95. The van der Waals surface area contributed by atoms with E-state index in [9.17, 15) is 14.8 Å². The van der Waals surface area contributed by atoms with Gasteiger partial charge in [-0.25, -0.2) is 0 Å². The zero-order valence-electron chi connectivity index (χ0n) is 9.57. The van der Waals surface area contributed by atoms with Crippen LogP contribution in [0, 0.1) is 4.91 Å². The van der Waals surface area contributed by atoms with Crippen molar-refractivity contribution in [3.05, 3.63) is 16.4 Å². The van der Waals surface area contributed by atoms with Crippen molar-refractivity contribution in [3.8, 4) is 0 Å². The number of nitroso groups, excluding NO2 is 1. The Kier molecular flexibility index (Phi) is 5.75. The highest BCUT2D eigenvalue weighted by Crippen LogP contribution is 2.18. The molecule has 0 aromatic carbocycles. The highest BCUT2D eigenvalue weighted by atomic mass is 16.3. The molecule has 1 N–H and O–H groups in total. The summed E-state index contributed by atoms with van der Waals surface area (Å²) >= 11 is 0. The first-order chi connectivity index (χ1) is 7.75. The highest BCUT2D eigenvalue weighted by Gasteiger charge is 2.16. The van der Waals surface area contributed by atoms with E-state index in [0.717, 1.165) is 38.5 Å². The van der Waals surface area contributed by atoms with Crippen LogP contribution < -0.4 is 0 Å². The van der Waals surface area contributed by atoms with Crippen LogP contribution in [0.4, 0.5) is 0 Å². The molecule has 0 heterocycles. The zero-order valence-corrected chi connectivity index (χ0v) is 9.57. The molecule has 0 fully saturated rings. The van der Waals surface area contributed by atoms with Gasteiger partial charge in [-0.3, -0.25) is 4.79 Å². The fourth-order valence-corrected chi connectivity index (χ4v) is 1.96. The third-order valence-electron chi connectivity index (χ3n) is 2.95. The normalized spacial score (nSPS) is 25.6. The lowest BCUT2D eigenvalue weighted by Crippen LogP contribution is -2.04. The second-order valence-corrected chi connectivity index (χ2v) is 4.28. The summed E-state index contributed by atoms with van der Waals surface area (Å²) in [5.41, 5.74) is -0.249. The van der Waals surface area contributed by atoms with E-state index < -0.39 is 0 Å². The van der Waals surface area contributed by atoms with E-state index in [0.29, 0.717) is 12.8 Å². The molecular weight excluding hydrogens is 206 g/mol. The number of hydrogen-bond donors (Lipinski definition) is 1. The standard InChI is InChI=1S/C12H19NO3/c14-10-8-6-4-2-1-3-5-7-9-11(15)12(10)13-16/h14H,1-9H2/b12-10-. The largest absolute Gasteiger partial charge is 0.510 e. The molecule has 16 heavy (non-hydrogen) atoms. The zero-order chi connectivity index (χ0) is 11.8. The minimum atomic E-state index is -0.312. The quantitative estimate of drug-likeness (QED) is 0.693. The van der Waals surface area contributed by atoms with Gasteiger partial charge in [-0.05, 0) is 18.0 Å². The van der Waals surface area contributed by atoms with E-state index in [1.165, 1.54) is 6.42 Å². The number of nitrogens with zero attached hydrogens (tertiary/aromatic N) is 1. The van der Waals surface area contributed by atoms with Crippen molar-refractivity contribution in [1.82, 2.24) is 0 Å². The lowest BCUT2D eigenvalue weighted by atomic mass is 10.0. The number of aliphatic hydroxyl groups excluding tert-OH is 1. The lowest BCUT2D eigenvalue weighted by Gasteiger charge is -2.06. The third kappa shape index (κ3) is 4.13. The average Bonchev–Trinajstić information content (AvgIpc) is 2.26. The van der Waals surface area contributed by atoms with Crippen molar-refractivity contribution in [3.63, 3.8) is 0 Å². The molecule has 0 spiro atoms. The van der Waals surface area contributed by atoms with Crippen LogP contribution in [0.1, 0.15) is 57.8 Å². The number of Topliss-reactive ketones (excluding diaryl/α,β-unsaturated/α-hetero) is 1. The fourth-order valence-electron chi connectivity index (χ4n) is 1.96. The van der Waals surface area contributed by atoms with Crippen LogP contribution >= 0.6 is 0 Å². The van der Waals surface area contributed by atoms with Gasteiger partial charge < -0.3 is 5.11 Å². The number of carbonyl (C=O) groups is 1. The smallest absolute Gasteiger partial charge is 0.188 e. The molecule has 4 heteroatoms. The van der Waals surface area contributed by atoms with Gasteiger partial charge in [0.25, 0.3) is 0 Å². The van der Waals surface area contributed by atoms with Crippen molar-refractivity contribution in [1.29, 1.82) is 0 Å². The topological polar surface area (TPSA) is 66.7 Å². The van der Waals surface area contributed by atoms with Crippen LogP contribution in [-0.2, 0) is 4.79 Å². The van der Waals surface area contributed by atoms with Gasteiger partial charge >= 0.3 is 0 Å². The van der Waals surface area contributed by atoms with Crippen molar-refractivity contribution >= 4 is 5.78 Å². The van der Waals surface area contributed by atoms with Crippen LogP contribution in [0.3, 0.4) is 0 Å². The van der Waals surface area contributed by atoms with E-state index in [2.05, 4.69) is 5.18 Å². The summed E-state index contributed by atoms with van der Waals surface area (Å²) in [6, 6.07) is 0. The van der Waals surface area contributed by atoms with Gasteiger partial charge in [-0.2, -0.15) is 0 Å². The van der Waals surface area contributed by atoms with Crippen LogP contribution in [0.5, 0.6) is 0 Å². The molecule has 1 aliphatic rings. The summed E-state index contributed by atoms with van der Waals surface area (Å²) in [7, 11) is 0. The van der Waals surface area contributed by atoms with Gasteiger partial charge in [-0.1, -0.05) is 32.1 Å². The van der Waals surface area contributed by atoms with Gasteiger partial charge in [0.1, 0.15) is 5.76 Å². The Balaban J connectivity index is 2.68. The summed E-state index contributed by atoms with van der Waals surface area (Å²) in [5.74, 6) is -0.436. The van der Waals surface area contributed by atoms with Crippen LogP contribution in [-0.4, -0.2) is 10.9 Å². The Morgan fingerprint density at radius 3 is 1.94 bits per heavy atom. The first kappa shape index (κ1) is 12.9. The molecule has 0 amide bonds. The molecule has 1 aliphatic carbocycles. The molecule has 0 aliphatic heterocycles. The molecule has 0 unspecified atom stereocenters. The van der Waals surface area contributed by atoms with Gasteiger partial charge in [0.05, 0.1) is 0 Å². The minimum Gasteiger partial charge on any atom is -0.510 e. The first-order valence-electron chi connectivity index (χ1n) is 6.04. The number of ketones is 1. The van der Waals surface area contributed by atoms with E-state index >= 15 is 0 Å². The predicted molar refractivity (Wildman–Crippen MR) is 62.0 cm³/mol. The molecule has 90 valence electrons. The Hall–Kier alpha value is -1.19. The van der Waals surface area contributed by atoms with Crippen molar-refractivity contribution < 1.29 is 9.90 Å². The van der Waals surface area contributed by atoms with Crippen molar-refractivity contribution in [2.24, 2.45) is 5.18 Å². The second-order valence-electron chi connectivity index (χ2n) is 4.28. The Labute approximate surface area is 95.7 Å². The van der Waals surface area contributed by atoms with Crippen molar-refractivity contribution in [2.45, 2.75) is 57.8 Å². The molecular formula is C12H19NO3. The minimum absolute atomic E-state index is 0.124. The predicted octanol–water partition coefficient (Wildman–Crippen LogP) is 3.62. The number of carbonyl (C=O) groups excluding carboxylic acids is 1. The first-order valence-corrected chi connectivity index (χ1v) is 6.04. The molecule has 0 aromatic heterocycles. The lowest BCUT2D eigenvalue weighted by molar-refractivity contribution is -0.115. The SMILES string of the molecule is O=N/C1=C(\O)CCCCCCCCCC1=O. The third-order valence-corrected chi connectivity index (χ3v) is 2.95. The summed E-state index contributed by atoms with van der Waals surface area (Å²) in [4.78, 5) is 22.1. The molecule has 4 nitrogen and oxygen atoms in total. The van der Waals surface area contributed by atoms with E-state index in [4.69, 9.17) is 0 Å². The summed E-state index contributed by atoms with van der Waals surface area (Å²) < 4.78 is 0. The number of allylic oxidation sites excluding steroid dienone is 2. The Morgan fingerprint density at radius 2 is 1.38 bits per heavy atom. The van der Waals surface area contributed by atoms with Gasteiger partial charge in [0.15, 0.2) is 11.5 Å². The molecule has 0 saturated heterocycles. The summed E-state index contributed by atoms with van der Waals surface area (Å²) in [6.45, 7) is 0. The molecule has 0 atom stereocenters. The van der Waals surface area contributed by atoms with Crippen LogP contribution in [0.2, 0.25) is 0 Å². The summed E-state index contributed by atoms with van der Waals surface area (Å²) in [6.07, 6.45) is 7.86. The van der Waals surface area contributed by atoms with Gasteiger partial charge in [-0.15, -0.1) is 4.91 Å².